The third-order valence-electron chi connectivity index (χ3n) is 9.56. The maximum absolute atomic E-state index is 5.32. The van der Waals surface area contributed by atoms with Gasteiger partial charge in [-0.05, 0) is 91.9 Å². The third kappa shape index (κ3) is 8.63. The highest BCUT2D eigenvalue weighted by Crippen LogP contribution is 2.32. The van der Waals surface area contributed by atoms with Crippen molar-refractivity contribution >= 4 is 54.4 Å². The smallest absolute Gasteiger partial charge is 0.129 e. The number of hydrogen-bond acceptors (Lipinski definition) is 3. The molecule has 6 heterocycles. The summed E-state index contributed by atoms with van der Waals surface area (Å²) >= 11 is 0. The van der Waals surface area contributed by atoms with Gasteiger partial charge in [0.25, 0.3) is 0 Å². The number of aromatic amines is 2. The predicted molar refractivity (Wildman–Crippen MR) is 217 cm³/mol. The summed E-state index contributed by atoms with van der Waals surface area (Å²) in [7, 11) is -1.66. The lowest BCUT2D eigenvalue weighted by molar-refractivity contribution is 0.632. The molecule has 2 aliphatic heterocycles. The van der Waals surface area contributed by atoms with Crippen LogP contribution in [0.15, 0.2) is 48.8 Å². The molecule has 0 radical (unpaired) electrons. The summed E-state index contributed by atoms with van der Waals surface area (Å²) in [6.07, 6.45) is 26.6. The van der Waals surface area contributed by atoms with Crippen LogP contribution in [0, 0.1) is 11.5 Å². The van der Waals surface area contributed by atoms with Gasteiger partial charge in [0.15, 0.2) is 0 Å². The quantitative estimate of drug-likeness (QED) is 0.0725. The summed E-state index contributed by atoms with van der Waals surface area (Å²) in [6.45, 7) is 11.4. The van der Waals surface area contributed by atoms with Crippen LogP contribution in [0.3, 0.4) is 0 Å². The van der Waals surface area contributed by atoms with Crippen molar-refractivity contribution in [3.63, 3.8) is 0 Å². The molecule has 0 aliphatic carbocycles. The number of hydrogen-bond donors (Lipinski definition) is 2. The maximum atomic E-state index is 5.32. The molecule has 5 nitrogen and oxygen atoms in total. The Hall–Kier alpha value is -4.47. The molecule has 4 aromatic heterocycles. The number of unbranched alkanes of at least 4 members (excludes halogenated alkanes) is 8. The molecule has 0 aromatic carbocycles. The van der Waals surface area contributed by atoms with E-state index in [-0.39, 0.29) is 0 Å². The highest BCUT2D eigenvalue weighted by molar-refractivity contribution is 6.83. The van der Waals surface area contributed by atoms with Crippen molar-refractivity contribution in [1.29, 1.82) is 0 Å². The van der Waals surface area contributed by atoms with Crippen molar-refractivity contribution in [2.45, 2.75) is 111 Å². The van der Waals surface area contributed by atoms with Gasteiger partial charge in [0.05, 0.1) is 28.3 Å². The van der Waals surface area contributed by atoms with Gasteiger partial charge < -0.3 is 9.97 Å². The first kappa shape index (κ1) is 35.4. The molecule has 2 aliphatic rings. The molecular weight excluding hydrogens is 627 g/mol. The zero-order chi connectivity index (χ0) is 34.9. The molecule has 258 valence electrons. The maximum Gasteiger partial charge on any atom is 0.129 e. The van der Waals surface area contributed by atoms with Crippen molar-refractivity contribution in [1.82, 2.24) is 24.9 Å². The van der Waals surface area contributed by atoms with Gasteiger partial charge >= 0.3 is 0 Å². The second-order valence-corrected chi connectivity index (χ2v) is 19.5. The Morgan fingerprint density at radius 1 is 0.560 bits per heavy atom. The van der Waals surface area contributed by atoms with E-state index in [2.05, 4.69) is 121 Å². The van der Waals surface area contributed by atoms with Gasteiger partial charge in [-0.25, -0.2) is 9.97 Å². The van der Waals surface area contributed by atoms with E-state index in [4.69, 9.17) is 9.97 Å². The van der Waals surface area contributed by atoms with E-state index >= 15 is 0 Å². The highest BCUT2D eigenvalue weighted by atomic mass is 28.3. The van der Waals surface area contributed by atoms with Gasteiger partial charge in [-0.2, -0.15) is 0 Å². The number of aryl methyl sites for hydroxylation is 2. The van der Waals surface area contributed by atoms with Crippen molar-refractivity contribution in [3.8, 4) is 22.6 Å². The summed E-state index contributed by atoms with van der Waals surface area (Å²) < 4.78 is 0. The lowest BCUT2D eigenvalue weighted by Gasteiger charge is -2.06. The van der Waals surface area contributed by atoms with E-state index in [9.17, 15) is 0 Å². The first-order chi connectivity index (χ1) is 24.3. The van der Waals surface area contributed by atoms with E-state index in [1.165, 1.54) is 62.5 Å². The van der Waals surface area contributed by atoms with Crippen molar-refractivity contribution in [2.75, 3.05) is 0 Å². The Morgan fingerprint density at radius 3 is 1.50 bits per heavy atom. The number of rotatable bonds is 13. The fourth-order valence-electron chi connectivity index (χ4n) is 6.87. The number of nitrogens with one attached hydrogen (secondary N) is 2. The molecule has 8 bridgehead atoms. The van der Waals surface area contributed by atoms with E-state index in [1.54, 1.807) is 0 Å². The SMILES string of the molecule is CCCCCCCc1c2nc(c(C#C[Si](C)(C)C)c3nc(c(CCCCCCC)c4ccc([nH]4)c(-c4ccncc4)c4ccc1[nH]4)C=C3)C=C2. The van der Waals surface area contributed by atoms with Crippen molar-refractivity contribution in [3.05, 3.63) is 88.3 Å². The Labute approximate surface area is 299 Å². The number of pyridine rings is 1. The van der Waals surface area contributed by atoms with Crippen molar-refractivity contribution in [2.24, 2.45) is 0 Å². The van der Waals surface area contributed by atoms with Crippen molar-refractivity contribution < 1.29 is 0 Å². The lowest BCUT2D eigenvalue weighted by atomic mass is 10.0. The second kappa shape index (κ2) is 16.5. The molecule has 6 rings (SSSR count). The molecule has 4 aromatic rings. The van der Waals surface area contributed by atoms with Crippen LogP contribution in [-0.4, -0.2) is 33.0 Å². The Balaban J connectivity index is 1.65. The Morgan fingerprint density at radius 2 is 1.02 bits per heavy atom. The molecule has 0 fully saturated rings. The predicted octanol–water partition coefficient (Wildman–Crippen LogP) is 12.0. The molecule has 0 saturated heterocycles. The zero-order valence-electron chi connectivity index (χ0n) is 30.8. The minimum atomic E-state index is -1.66. The summed E-state index contributed by atoms with van der Waals surface area (Å²) in [5.74, 6) is 3.60. The van der Waals surface area contributed by atoms with Crippen LogP contribution in [0.2, 0.25) is 19.6 Å². The van der Waals surface area contributed by atoms with Gasteiger partial charge in [0.2, 0.25) is 0 Å². The van der Waals surface area contributed by atoms with Gasteiger partial charge in [-0.1, -0.05) is 90.8 Å². The first-order valence-corrected chi connectivity index (χ1v) is 22.4. The van der Waals surface area contributed by atoms with Crippen LogP contribution in [0.25, 0.3) is 57.5 Å². The molecule has 0 amide bonds. The summed E-state index contributed by atoms with van der Waals surface area (Å²) in [4.78, 5) is 22.7. The summed E-state index contributed by atoms with van der Waals surface area (Å²) in [5, 5.41) is 0. The van der Waals surface area contributed by atoms with Crippen LogP contribution in [-0.2, 0) is 12.8 Å². The molecule has 0 atom stereocenters. The van der Waals surface area contributed by atoms with Gasteiger partial charge in [-0.15, -0.1) is 5.54 Å². The van der Waals surface area contributed by atoms with Gasteiger partial charge in [0.1, 0.15) is 8.07 Å². The average molecular weight is 680 g/mol. The average Bonchev–Trinajstić information content (AvgIpc) is 3.94. The fraction of sp³-hybridized carbons (Fsp3) is 0.386. The lowest BCUT2D eigenvalue weighted by Crippen LogP contribution is -2.16. The van der Waals surface area contributed by atoms with E-state index in [0.29, 0.717) is 0 Å². The van der Waals surface area contributed by atoms with Gasteiger partial charge in [-0.3, -0.25) is 4.98 Å². The number of H-pyrrole nitrogens is 2. The van der Waals surface area contributed by atoms with Crippen LogP contribution in [0.1, 0.15) is 118 Å². The van der Waals surface area contributed by atoms with Crippen LogP contribution >= 0.6 is 0 Å². The molecule has 6 heteroatoms. The monoisotopic (exact) mass is 679 g/mol. The minimum absolute atomic E-state index is 0.907. The van der Waals surface area contributed by atoms with Crippen LogP contribution in [0.4, 0.5) is 0 Å². The fourth-order valence-corrected chi connectivity index (χ4v) is 7.37. The first-order valence-electron chi connectivity index (χ1n) is 18.9. The molecular formula is C44H53N5Si. The van der Waals surface area contributed by atoms with E-state index in [0.717, 1.165) is 87.2 Å². The summed E-state index contributed by atoms with van der Waals surface area (Å²) in [5.41, 5.74) is 17.5. The topological polar surface area (TPSA) is 70.2 Å². The number of nitrogens with zero attached hydrogens (tertiary/aromatic N) is 3. The normalized spacial score (nSPS) is 12.3. The number of fused-ring (bicyclic) bond motifs is 8. The Bertz CT molecular complexity index is 1970. The van der Waals surface area contributed by atoms with E-state index < -0.39 is 8.07 Å². The summed E-state index contributed by atoms with van der Waals surface area (Å²) in [6, 6.07) is 13.1. The van der Waals surface area contributed by atoms with Crippen LogP contribution < -0.4 is 0 Å². The highest BCUT2D eigenvalue weighted by Gasteiger charge is 2.17. The molecule has 50 heavy (non-hydrogen) atoms. The second-order valence-electron chi connectivity index (χ2n) is 14.8. The van der Waals surface area contributed by atoms with Gasteiger partial charge in [0, 0.05) is 51.2 Å². The molecule has 0 unspecified atom stereocenters. The van der Waals surface area contributed by atoms with Crippen LogP contribution in [0.5, 0.6) is 0 Å². The third-order valence-corrected chi connectivity index (χ3v) is 10.4. The van der Waals surface area contributed by atoms with E-state index in [1.807, 2.05) is 12.4 Å². The molecule has 2 N–H and O–H groups in total. The number of aromatic nitrogens is 5. The largest absolute Gasteiger partial charge is 0.355 e. The molecule has 0 saturated carbocycles. The standard InChI is InChI=1S/C44H53N5Si/c1-6-8-10-12-14-16-33-36-18-20-40(46-36)35(28-31-50(3,4)5)41-21-19-37(47-41)34(17-15-13-11-9-7-2)39-23-25-43(49-39)44(32-26-29-45-30-27-32)42-24-22-38(33)48-42/h18-27,29-30,48-49H,6-17H2,1-5H3. The minimum Gasteiger partial charge on any atom is -0.355 e. The zero-order valence-corrected chi connectivity index (χ0v) is 31.8. The Kier molecular flexibility index (Phi) is 11.7. The molecule has 0 spiro atoms.